The minimum atomic E-state index is -0.833. The first-order valence-electron chi connectivity index (χ1n) is 11.1. The zero-order valence-corrected chi connectivity index (χ0v) is 19.2. The number of Topliss-reactive ketones (excluding diaryl/α,β-unsaturated/α-hetero) is 1. The number of benzene rings is 2. The van der Waals surface area contributed by atoms with Gasteiger partial charge in [-0.3, -0.25) is 14.4 Å². The summed E-state index contributed by atoms with van der Waals surface area (Å²) in [6.07, 6.45) is 1.59. The fourth-order valence-corrected chi connectivity index (χ4v) is 4.49. The average Bonchev–Trinajstić information content (AvgIpc) is 3.49. The highest BCUT2D eigenvalue weighted by Crippen LogP contribution is 2.30. The van der Waals surface area contributed by atoms with Gasteiger partial charge in [0.25, 0.3) is 0 Å². The van der Waals surface area contributed by atoms with E-state index in [4.69, 9.17) is 9.15 Å². The first kappa shape index (κ1) is 22.3. The molecule has 2 heterocycles. The molecule has 1 aliphatic rings. The Balaban J connectivity index is 1.36. The van der Waals surface area contributed by atoms with Gasteiger partial charge in [-0.2, -0.15) is 0 Å². The maximum atomic E-state index is 13.1. The summed E-state index contributed by atoms with van der Waals surface area (Å²) in [7, 11) is 0. The Bertz CT molecular complexity index is 1510. The number of carbonyl (C=O) groups excluding carboxylic acids is 4. The third-order valence-corrected chi connectivity index (χ3v) is 6.27. The lowest BCUT2D eigenvalue weighted by molar-refractivity contribution is 0.0472. The standard InChI is InChI=1S/C28H21NO6/c1-16-13-23(17(2)29(16)14-18-7-6-12-34-18)24(30)15-35-28(33)22-11-5-10-21-25(22)27(32)20-9-4-3-8-19(20)26(21)31/h3-13H,14-15H2,1-2H3. The highest BCUT2D eigenvalue weighted by Gasteiger charge is 2.33. The minimum Gasteiger partial charge on any atom is -0.467 e. The molecule has 0 radical (unpaired) electrons. The summed E-state index contributed by atoms with van der Waals surface area (Å²) in [5.41, 5.74) is 2.70. The number of furan rings is 1. The van der Waals surface area contributed by atoms with E-state index in [0.717, 1.165) is 17.1 Å². The number of nitrogens with zero attached hydrogens (tertiary/aromatic N) is 1. The Hall–Kier alpha value is -4.52. The monoisotopic (exact) mass is 467 g/mol. The Kier molecular flexibility index (Phi) is 5.53. The molecule has 0 saturated heterocycles. The number of carbonyl (C=O) groups is 4. The molecular weight excluding hydrogens is 446 g/mol. The number of rotatable bonds is 6. The van der Waals surface area contributed by atoms with E-state index in [1.165, 1.54) is 18.2 Å². The molecule has 0 fully saturated rings. The van der Waals surface area contributed by atoms with Crippen molar-refractivity contribution in [2.45, 2.75) is 20.4 Å². The van der Waals surface area contributed by atoms with Gasteiger partial charge in [0.1, 0.15) is 5.76 Å². The Morgan fingerprint density at radius 3 is 2.29 bits per heavy atom. The number of hydrogen-bond acceptors (Lipinski definition) is 6. The number of aromatic nitrogens is 1. The van der Waals surface area contributed by atoms with Crippen molar-refractivity contribution in [3.63, 3.8) is 0 Å². The normalized spacial score (nSPS) is 12.3. The van der Waals surface area contributed by atoms with Crippen molar-refractivity contribution < 1.29 is 28.3 Å². The van der Waals surface area contributed by atoms with Crippen molar-refractivity contribution in [1.29, 1.82) is 0 Å². The van der Waals surface area contributed by atoms with Gasteiger partial charge in [0, 0.05) is 39.2 Å². The predicted molar refractivity (Wildman–Crippen MR) is 126 cm³/mol. The van der Waals surface area contributed by atoms with E-state index in [1.807, 2.05) is 24.5 Å². The molecule has 0 N–H and O–H groups in total. The molecule has 0 bridgehead atoms. The van der Waals surface area contributed by atoms with E-state index >= 15 is 0 Å². The van der Waals surface area contributed by atoms with Crippen molar-refractivity contribution in [3.05, 3.63) is 117 Å². The average molecular weight is 467 g/mol. The van der Waals surface area contributed by atoms with E-state index in [0.29, 0.717) is 17.7 Å². The molecule has 174 valence electrons. The van der Waals surface area contributed by atoms with Gasteiger partial charge in [0.2, 0.25) is 5.78 Å². The summed E-state index contributed by atoms with van der Waals surface area (Å²) in [5.74, 6) is -1.19. The first-order chi connectivity index (χ1) is 16.9. The van der Waals surface area contributed by atoms with E-state index < -0.39 is 18.4 Å². The van der Waals surface area contributed by atoms with Crippen LogP contribution >= 0.6 is 0 Å². The number of ether oxygens (including phenoxy) is 1. The SMILES string of the molecule is Cc1cc(C(=O)COC(=O)c2cccc3c2C(=O)c2ccccc2C3=O)c(C)n1Cc1ccco1. The van der Waals surface area contributed by atoms with E-state index in [1.54, 1.807) is 42.7 Å². The fraction of sp³-hybridized carbons (Fsp3) is 0.143. The third-order valence-electron chi connectivity index (χ3n) is 6.27. The molecule has 2 aromatic heterocycles. The maximum absolute atomic E-state index is 13.1. The van der Waals surface area contributed by atoms with Crippen LogP contribution in [0.5, 0.6) is 0 Å². The molecule has 7 heteroatoms. The van der Waals surface area contributed by atoms with Crippen LogP contribution in [0.25, 0.3) is 0 Å². The molecule has 0 saturated carbocycles. The number of fused-ring (bicyclic) bond motifs is 2. The summed E-state index contributed by atoms with van der Waals surface area (Å²) in [4.78, 5) is 51.8. The molecule has 1 aliphatic carbocycles. The number of aryl methyl sites for hydroxylation is 1. The quantitative estimate of drug-likeness (QED) is 0.268. The van der Waals surface area contributed by atoms with Crippen LogP contribution < -0.4 is 0 Å². The molecule has 2 aromatic carbocycles. The summed E-state index contributed by atoms with van der Waals surface area (Å²) in [5, 5.41) is 0. The highest BCUT2D eigenvalue weighted by atomic mass is 16.5. The van der Waals surface area contributed by atoms with Gasteiger partial charge < -0.3 is 13.7 Å². The Morgan fingerprint density at radius 2 is 1.57 bits per heavy atom. The molecule has 0 amide bonds. The Morgan fingerprint density at radius 1 is 0.857 bits per heavy atom. The summed E-state index contributed by atoms with van der Waals surface area (Å²) < 4.78 is 12.7. The van der Waals surface area contributed by atoms with Gasteiger partial charge in [-0.1, -0.05) is 36.4 Å². The smallest absolute Gasteiger partial charge is 0.339 e. The lowest BCUT2D eigenvalue weighted by atomic mass is 9.82. The van der Waals surface area contributed by atoms with Crippen molar-refractivity contribution in [1.82, 2.24) is 4.57 Å². The van der Waals surface area contributed by atoms with Crippen LogP contribution in [0, 0.1) is 13.8 Å². The number of esters is 1. The zero-order chi connectivity index (χ0) is 24.7. The molecule has 0 aliphatic heterocycles. The molecule has 4 aromatic rings. The van der Waals surface area contributed by atoms with E-state index in [9.17, 15) is 19.2 Å². The van der Waals surface area contributed by atoms with E-state index in [-0.39, 0.29) is 33.8 Å². The van der Waals surface area contributed by atoms with Crippen LogP contribution in [0.15, 0.2) is 71.3 Å². The predicted octanol–water partition coefficient (Wildman–Crippen LogP) is 4.56. The third kappa shape index (κ3) is 3.81. The van der Waals surface area contributed by atoms with Gasteiger partial charge in [-0.05, 0) is 38.1 Å². The van der Waals surface area contributed by atoms with Gasteiger partial charge >= 0.3 is 5.97 Å². The summed E-state index contributed by atoms with van der Waals surface area (Å²) in [6, 6.07) is 16.4. The van der Waals surface area contributed by atoms with E-state index in [2.05, 4.69) is 0 Å². The maximum Gasteiger partial charge on any atom is 0.339 e. The summed E-state index contributed by atoms with van der Waals surface area (Å²) in [6.45, 7) is 3.69. The van der Waals surface area contributed by atoms with Crippen LogP contribution in [-0.4, -0.2) is 34.5 Å². The topological polar surface area (TPSA) is 95.6 Å². The van der Waals surface area contributed by atoms with Gasteiger partial charge in [-0.25, -0.2) is 4.79 Å². The van der Waals surface area contributed by atoms with Gasteiger partial charge in [0.15, 0.2) is 18.2 Å². The van der Waals surface area contributed by atoms with Crippen molar-refractivity contribution in [3.8, 4) is 0 Å². The minimum absolute atomic E-state index is 0.00488. The molecule has 0 atom stereocenters. The fourth-order valence-electron chi connectivity index (χ4n) is 4.49. The number of ketones is 3. The van der Waals surface area contributed by atoms with Crippen LogP contribution in [0.3, 0.4) is 0 Å². The zero-order valence-electron chi connectivity index (χ0n) is 19.2. The molecular formula is C28H21NO6. The lowest BCUT2D eigenvalue weighted by Crippen LogP contribution is -2.25. The summed E-state index contributed by atoms with van der Waals surface area (Å²) >= 11 is 0. The van der Waals surface area contributed by atoms with Crippen LogP contribution in [0.1, 0.15) is 69.7 Å². The second-order valence-corrected chi connectivity index (χ2v) is 8.38. The van der Waals surface area contributed by atoms with Crippen LogP contribution in [-0.2, 0) is 11.3 Å². The highest BCUT2D eigenvalue weighted by molar-refractivity contribution is 6.30. The van der Waals surface area contributed by atoms with Crippen molar-refractivity contribution in [2.24, 2.45) is 0 Å². The molecule has 5 rings (SSSR count). The lowest BCUT2D eigenvalue weighted by Gasteiger charge is -2.19. The van der Waals surface area contributed by atoms with Crippen LogP contribution in [0.2, 0.25) is 0 Å². The number of hydrogen-bond donors (Lipinski definition) is 0. The van der Waals surface area contributed by atoms with Crippen molar-refractivity contribution in [2.75, 3.05) is 6.61 Å². The second-order valence-electron chi connectivity index (χ2n) is 8.38. The largest absolute Gasteiger partial charge is 0.467 e. The molecule has 7 nitrogen and oxygen atoms in total. The van der Waals surface area contributed by atoms with Gasteiger partial charge in [0.05, 0.1) is 18.4 Å². The van der Waals surface area contributed by atoms with Crippen molar-refractivity contribution >= 4 is 23.3 Å². The second kappa shape index (κ2) is 8.68. The molecule has 35 heavy (non-hydrogen) atoms. The molecule has 0 spiro atoms. The Labute approximate surface area is 200 Å². The van der Waals surface area contributed by atoms with Gasteiger partial charge in [-0.15, -0.1) is 0 Å². The molecule has 0 unspecified atom stereocenters. The van der Waals surface area contributed by atoms with Crippen LogP contribution in [0.4, 0.5) is 0 Å². The first-order valence-corrected chi connectivity index (χ1v) is 11.1.